The minimum absolute atomic E-state index is 0.00771. The molecule has 1 aromatic rings. The second-order valence-corrected chi connectivity index (χ2v) is 5.26. The first-order valence-electron chi connectivity index (χ1n) is 5.82. The molecule has 0 saturated heterocycles. The van der Waals surface area contributed by atoms with Gasteiger partial charge in [-0.3, -0.25) is 9.78 Å². The van der Waals surface area contributed by atoms with Crippen LogP contribution >= 0.6 is 0 Å². The lowest BCUT2D eigenvalue weighted by Gasteiger charge is -2.30. The molecule has 94 valence electrons. The number of carbonyl (C=O) groups is 1. The Bertz CT molecular complexity index is 357. The number of amides is 1. The highest BCUT2D eigenvalue weighted by molar-refractivity contribution is 5.78. The Balaban J connectivity index is 2.55. The summed E-state index contributed by atoms with van der Waals surface area (Å²) in [4.78, 5) is 15.8. The van der Waals surface area contributed by atoms with Crippen molar-refractivity contribution in [3.05, 3.63) is 30.1 Å². The molecule has 0 bridgehead atoms. The summed E-state index contributed by atoms with van der Waals surface area (Å²) in [6.45, 7) is 6.64. The maximum absolute atomic E-state index is 11.8. The van der Waals surface area contributed by atoms with Crippen molar-refractivity contribution in [2.75, 3.05) is 6.54 Å². The SMILES string of the molecule is CC(C)(C)C(CN)NC(=O)Cc1cccnc1. The third kappa shape index (κ3) is 4.53. The van der Waals surface area contributed by atoms with Crippen LogP contribution in [0.15, 0.2) is 24.5 Å². The van der Waals surface area contributed by atoms with Crippen molar-refractivity contribution in [1.82, 2.24) is 10.3 Å². The zero-order chi connectivity index (χ0) is 12.9. The molecule has 3 N–H and O–H groups in total. The van der Waals surface area contributed by atoms with Gasteiger partial charge in [0, 0.05) is 25.0 Å². The number of aromatic nitrogens is 1. The Kier molecular flexibility index (Phi) is 4.63. The zero-order valence-electron chi connectivity index (χ0n) is 10.7. The lowest BCUT2D eigenvalue weighted by atomic mass is 9.86. The van der Waals surface area contributed by atoms with Crippen LogP contribution in [0.5, 0.6) is 0 Å². The Morgan fingerprint density at radius 3 is 2.71 bits per heavy atom. The summed E-state index contributed by atoms with van der Waals surface area (Å²) in [6, 6.07) is 3.71. The molecule has 1 atom stereocenters. The van der Waals surface area contributed by atoms with Crippen LogP contribution in [-0.4, -0.2) is 23.5 Å². The van der Waals surface area contributed by atoms with Crippen LogP contribution in [0.4, 0.5) is 0 Å². The van der Waals surface area contributed by atoms with Crippen LogP contribution in [0.2, 0.25) is 0 Å². The van der Waals surface area contributed by atoms with Gasteiger partial charge >= 0.3 is 0 Å². The van der Waals surface area contributed by atoms with E-state index in [4.69, 9.17) is 5.73 Å². The Morgan fingerprint density at radius 1 is 1.53 bits per heavy atom. The molecular weight excluding hydrogens is 214 g/mol. The summed E-state index contributed by atoms with van der Waals surface area (Å²) >= 11 is 0. The average molecular weight is 235 g/mol. The molecule has 4 heteroatoms. The summed E-state index contributed by atoms with van der Waals surface area (Å²) < 4.78 is 0. The van der Waals surface area contributed by atoms with Crippen LogP contribution < -0.4 is 11.1 Å². The third-order valence-corrected chi connectivity index (χ3v) is 2.70. The molecule has 0 aliphatic heterocycles. The Hall–Kier alpha value is -1.42. The quantitative estimate of drug-likeness (QED) is 0.821. The first-order chi connectivity index (χ1) is 7.93. The Labute approximate surface area is 103 Å². The third-order valence-electron chi connectivity index (χ3n) is 2.70. The second kappa shape index (κ2) is 5.77. The lowest BCUT2D eigenvalue weighted by Crippen LogP contribution is -2.48. The lowest BCUT2D eigenvalue weighted by molar-refractivity contribution is -0.121. The van der Waals surface area contributed by atoms with Crippen LogP contribution in [0.1, 0.15) is 26.3 Å². The molecular formula is C13H21N3O. The van der Waals surface area contributed by atoms with Gasteiger partial charge in [0.15, 0.2) is 0 Å². The molecule has 1 rings (SSSR count). The number of nitrogens with one attached hydrogen (secondary N) is 1. The highest BCUT2D eigenvalue weighted by atomic mass is 16.1. The van der Waals surface area contributed by atoms with Gasteiger partial charge in [0.2, 0.25) is 5.91 Å². The van der Waals surface area contributed by atoms with Gasteiger partial charge in [0.05, 0.1) is 6.42 Å². The van der Waals surface area contributed by atoms with E-state index >= 15 is 0 Å². The fraction of sp³-hybridized carbons (Fsp3) is 0.538. The van der Waals surface area contributed by atoms with Gasteiger partial charge in [-0.2, -0.15) is 0 Å². The molecule has 4 nitrogen and oxygen atoms in total. The smallest absolute Gasteiger partial charge is 0.224 e. The summed E-state index contributed by atoms with van der Waals surface area (Å²) in [7, 11) is 0. The van der Waals surface area contributed by atoms with E-state index in [1.54, 1.807) is 12.4 Å². The monoisotopic (exact) mass is 235 g/mol. The largest absolute Gasteiger partial charge is 0.351 e. The van der Waals surface area contributed by atoms with E-state index in [1.807, 2.05) is 12.1 Å². The fourth-order valence-corrected chi connectivity index (χ4v) is 1.56. The van der Waals surface area contributed by atoms with Gasteiger partial charge in [-0.25, -0.2) is 0 Å². The van der Waals surface area contributed by atoms with E-state index in [0.717, 1.165) is 5.56 Å². The minimum atomic E-state index is -0.0284. The van der Waals surface area contributed by atoms with E-state index in [9.17, 15) is 4.79 Å². The minimum Gasteiger partial charge on any atom is -0.351 e. The number of hydrogen-bond donors (Lipinski definition) is 2. The summed E-state index contributed by atoms with van der Waals surface area (Å²) in [5.41, 5.74) is 6.56. The molecule has 1 unspecified atom stereocenters. The molecule has 0 fully saturated rings. The number of rotatable bonds is 4. The van der Waals surface area contributed by atoms with Crippen molar-refractivity contribution in [3.8, 4) is 0 Å². The van der Waals surface area contributed by atoms with E-state index in [2.05, 4.69) is 31.1 Å². The van der Waals surface area contributed by atoms with Crippen LogP contribution in [0.25, 0.3) is 0 Å². The van der Waals surface area contributed by atoms with Gasteiger partial charge in [-0.1, -0.05) is 26.8 Å². The number of carbonyl (C=O) groups excluding carboxylic acids is 1. The van der Waals surface area contributed by atoms with Crippen molar-refractivity contribution in [3.63, 3.8) is 0 Å². The maximum atomic E-state index is 11.8. The first-order valence-corrected chi connectivity index (χ1v) is 5.82. The maximum Gasteiger partial charge on any atom is 0.224 e. The summed E-state index contributed by atoms with van der Waals surface area (Å²) in [5.74, 6) is -0.0108. The molecule has 1 amide bonds. The molecule has 0 spiro atoms. The van der Waals surface area contributed by atoms with Crippen LogP contribution in [0, 0.1) is 5.41 Å². The van der Waals surface area contributed by atoms with Crippen molar-refractivity contribution in [1.29, 1.82) is 0 Å². The van der Waals surface area contributed by atoms with Gasteiger partial charge < -0.3 is 11.1 Å². The number of nitrogens with zero attached hydrogens (tertiary/aromatic N) is 1. The van der Waals surface area contributed by atoms with Crippen molar-refractivity contribution < 1.29 is 4.79 Å². The highest BCUT2D eigenvalue weighted by Gasteiger charge is 2.24. The predicted octanol–water partition coefficient (Wildman–Crippen LogP) is 1.11. The van der Waals surface area contributed by atoms with Gasteiger partial charge in [-0.05, 0) is 17.0 Å². The summed E-state index contributed by atoms with van der Waals surface area (Å²) in [6.07, 6.45) is 3.74. The van der Waals surface area contributed by atoms with Crippen molar-refractivity contribution >= 4 is 5.91 Å². The molecule has 0 aromatic carbocycles. The first kappa shape index (κ1) is 13.6. The van der Waals surface area contributed by atoms with Crippen molar-refractivity contribution in [2.45, 2.75) is 33.2 Å². The van der Waals surface area contributed by atoms with E-state index in [0.29, 0.717) is 13.0 Å². The van der Waals surface area contributed by atoms with Gasteiger partial charge in [0.25, 0.3) is 0 Å². The van der Waals surface area contributed by atoms with E-state index < -0.39 is 0 Å². The molecule has 1 heterocycles. The summed E-state index contributed by atoms with van der Waals surface area (Å²) in [5, 5.41) is 2.96. The Morgan fingerprint density at radius 2 is 2.24 bits per heavy atom. The molecule has 0 radical (unpaired) electrons. The topological polar surface area (TPSA) is 68.0 Å². The fourth-order valence-electron chi connectivity index (χ4n) is 1.56. The predicted molar refractivity (Wildman–Crippen MR) is 68.4 cm³/mol. The standard InChI is InChI=1S/C13H21N3O/c1-13(2,3)11(8-14)16-12(17)7-10-5-4-6-15-9-10/h4-6,9,11H,7-8,14H2,1-3H3,(H,16,17). The number of nitrogens with two attached hydrogens (primary N) is 1. The molecule has 0 saturated carbocycles. The second-order valence-electron chi connectivity index (χ2n) is 5.26. The average Bonchev–Trinajstić information content (AvgIpc) is 2.25. The molecule has 1 aromatic heterocycles. The number of pyridine rings is 1. The van der Waals surface area contributed by atoms with E-state index in [-0.39, 0.29) is 17.4 Å². The highest BCUT2D eigenvalue weighted by Crippen LogP contribution is 2.18. The van der Waals surface area contributed by atoms with Crippen molar-refractivity contribution in [2.24, 2.45) is 11.1 Å². The molecule has 17 heavy (non-hydrogen) atoms. The number of hydrogen-bond acceptors (Lipinski definition) is 3. The van der Waals surface area contributed by atoms with E-state index in [1.165, 1.54) is 0 Å². The zero-order valence-corrected chi connectivity index (χ0v) is 10.7. The van der Waals surface area contributed by atoms with Gasteiger partial charge in [-0.15, -0.1) is 0 Å². The van der Waals surface area contributed by atoms with Crippen LogP contribution in [0.3, 0.4) is 0 Å². The molecule has 0 aliphatic carbocycles. The van der Waals surface area contributed by atoms with Crippen LogP contribution in [-0.2, 0) is 11.2 Å². The normalized spacial score (nSPS) is 13.2. The van der Waals surface area contributed by atoms with Gasteiger partial charge in [0.1, 0.15) is 0 Å². The molecule has 0 aliphatic rings.